The molecule has 1 aliphatic carbocycles. The van der Waals surface area contributed by atoms with Gasteiger partial charge < -0.3 is 10.4 Å². The third-order valence-electron chi connectivity index (χ3n) is 4.80. The summed E-state index contributed by atoms with van der Waals surface area (Å²) in [5, 5.41) is 12.0. The number of aliphatic carboxylic acids is 1. The van der Waals surface area contributed by atoms with E-state index in [1.165, 1.54) is 24.0 Å². The Hall–Kier alpha value is -1.84. The van der Waals surface area contributed by atoms with E-state index in [-0.39, 0.29) is 18.2 Å². The third-order valence-corrected chi connectivity index (χ3v) is 4.80. The van der Waals surface area contributed by atoms with Crippen LogP contribution in [-0.4, -0.2) is 22.5 Å². The summed E-state index contributed by atoms with van der Waals surface area (Å²) in [5.74, 6) is -1.06. The van der Waals surface area contributed by atoms with Gasteiger partial charge in [0.05, 0.1) is 12.0 Å². The molecule has 2 N–H and O–H groups in total. The highest BCUT2D eigenvalue weighted by Crippen LogP contribution is 2.24. The van der Waals surface area contributed by atoms with Crippen LogP contribution >= 0.6 is 0 Å². The van der Waals surface area contributed by atoms with Gasteiger partial charge in [0.25, 0.3) is 5.91 Å². The first kappa shape index (κ1) is 16.5. The molecule has 1 aromatic rings. The average Bonchev–Trinajstić information content (AvgIpc) is 2.45. The topological polar surface area (TPSA) is 66.4 Å². The minimum absolute atomic E-state index is 0.0326. The summed E-state index contributed by atoms with van der Waals surface area (Å²) >= 11 is 0. The molecule has 0 saturated carbocycles. The molecular formula is C18H25NO3. The van der Waals surface area contributed by atoms with E-state index in [0.29, 0.717) is 5.56 Å². The van der Waals surface area contributed by atoms with Crippen molar-refractivity contribution in [2.24, 2.45) is 5.92 Å². The summed E-state index contributed by atoms with van der Waals surface area (Å²) in [7, 11) is 0. The molecule has 0 saturated heterocycles. The first-order chi connectivity index (χ1) is 10.3. The number of carboxylic acids is 1. The number of hydrogen-bond donors (Lipinski definition) is 2. The highest BCUT2D eigenvalue weighted by Gasteiger charge is 2.33. The van der Waals surface area contributed by atoms with Gasteiger partial charge in [-0.2, -0.15) is 0 Å². The Kier molecular flexibility index (Phi) is 4.89. The Morgan fingerprint density at radius 3 is 2.45 bits per heavy atom. The maximum atomic E-state index is 12.5. The van der Waals surface area contributed by atoms with Gasteiger partial charge in [0, 0.05) is 5.56 Å². The molecule has 4 nitrogen and oxygen atoms in total. The van der Waals surface area contributed by atoms with E-state index in [2.05, 4.69) is 5.32 Å². The van der Waals surface area contributed by atoms with E-state index in [9.17, 15) is 9.59 Å². The van der Waals surface area contributed by atoms with Gasteiger partial charge in [-0.05, 0) is 61.8 Å². The lowest BCUT2D eigenvalue weighted by atomic mass is 9.84. The molecule has 1 aromatic carbocycles. The molecule has 0 spiro atoms. The zero-order valence-electron chi connectivity index (χ0n) is 13.6. The maximum Gasteiger partial charge on any atom is 0.305 e. The molecule has 0 heterocycles. The fourth-order valence-corrected chi connectivity index (χ4v) is 2.91. The second-order valence-corrected chi connectivity index (χ2v) is 6.79. The summed E-state index contributed by atoms with van der Waals surface area (Å²) in [6, 6.07) is 5.85. The molecule has 1 amide bonds. The van der Waals surface area contributed by atoms with Gasteiger partial charge in [-0.15, -0.1) is 0 Å². The molecule has 1 unspecified atom stereocenters. The number of amides is 1. The van der Waals surface area contributed by atoms with Crippen LogP contribution in [0.15, 0.2) is 18.2 Å². The Morgan fingerprint density at radius 1 is 1.23 bits per heavy atom. The molecule has 0 radical (unpaired) electrons. The van der Waals surface area contributed by atoms with E-state index < -0.39 is 11.5 Å². The molecule has 22 heavy (non-hydrogen) atoms. The Labute approximate surface area is 131 Å². The molecule has 1 atom stereocenters. The third kappa shape index (κ3) is 3.67. The van der Waals surface area contributed by atoms with E-state index in [0.717, 1.165) is 12.8 Å². The number of carboxylic acid groups (broad SMARTS) is 1. The van der Waals surface area contributed by atoms with Gasteiger partial charge in [0.2, 0.25) is 0 Å². The molecule has 0 bridgehead atoms. The van der Waals surface area contributed by atoms with Gasteiger partial charge in [-0.25, -0.2) is 0 Å². The largest absolute Gasteiger partial charge is 0.481 e. The van der Waals surface area contributed by atoms with Gasteiger partial charge >= 0.3 is 5.97 Å². The Morgan fingerprint density at radius 2 is 1.86 bits per heavy atom. The quantitative estimate of drug-likeness (QED) is 0.878. The van der Waals surface area contributed by atoms with Crippen molar-refractivity contribution in [3.63, 3.8) is 0 Å². The lowest BCUT2D eigenvalue weighted by Gasteiger charge is -2.33. The standard InChI is InChI=1S/C18H25NO3/c1-12(2)18(3,11-16(20)21)19-17(22)15-9-8-13-6-4-5-7-14(13)10-15/h8-10,12H,4-7,11H2,1-3H3,(H,19,22)(H,20,21). The van der Waals surface area contributed by atoms with Crippen LogP contribution in [-0.2, 0) is 17.6 Å². The van der Waals surface area contributed by atoms with Crippen molar-refractivity contribution in [2.75, 3.05) is 0 Å². The number of nitrogens with one attached hydrogen (secondary N) is 1. The number of carbonyl (C=O) groups is 2. The smallest absolute Gasteiger partial charge is 0.305 e. The molecule has 0 fully saturated rings. The van der Waals surface area contributed by atoms with Crippen LogP contribution in [0, 0.1) is 5.92 Å². The molecule has 120 valence electrons. The molecule has 2 rings (SSSR count). The van der Waals surface area contributed by atoms with Crippen LogP contribution in [0.25, 0.3) is 0 Å². The second-order valence-electron chi connectivity index (χ2n) is 6.79. The Balaban J connectivity index is 2.18. The van der Waals surface area contributed by atoms with Crippen molar-refractivity contribution in [3.05, 3.63) is 34.9 Å². The highest BCUT2D eigenvalue weighted by atomic mass is 16.4. The van der Waals surface area contributed by atoms with Crippen molar-refractivity contribution in [2.45, 2.75) is 58.4 Å². The zero-order chi connectivity index (χ0) is 16.3. The monoisotopic (exact) mass is 303 g/mol. The van der Waals surface area contributed by atoms with E-state index >= 15 is 0 Å². The summed E-state index contributed by atoms with van der Waals surface area (Å²) < 4.78 is 0. The van der Waals surface area contributed by atoms with E-state index in [1.54, 1.807) is 6.92 Å². The summed E-state index contributed by atoms with van der Waals surface area (Å²) in [6.45, 7) is 5.65. The highest BCUT2D eigenvalue weighted by molar-refractivity contribution is 5.95. The summed E-state index contributed by atoms with van der Waals surface area (Å²) in [6.07, 6.45) is 4.40. The van der Waals surface area contributed by atoms with Crippen LogP contribution in [0.4, 0.5) is 0 Å². The van der Waals surface area contributed by atoms with Crippen molar-refractivity contribution < 1.29 is 14.7 Å². The Bertz CT molecular complexity index is 580. The number of carbonyl (C=O) groups excluding carboxylic acids is 1. The fourth-order valence-electron chi connectivity index (χ4n) is 2.91. The number of rotatable bonds is 5. The number of hydrogen-bond acceptors (Lipinski definition) is 2. The molecule has 4 heteroatoms. The van der Waals surface area contributed by atoms with Gasteiger partial charge in [0.15, 0.2) is 0 Å². The van der Waals surface area contributed by atoms with Crippen LogP contribution in [0.3, 0.4) is 0 Å². The van der Waals surface area contributed by atoms with Crippen molar-refractivity contribution >= 4 is 11.9 Å². The maximum absolute atomic E-state index is 12.5. The first-order valence-corrected chi connectivity index (χ1v) is 7.98. The lowest BCUT2D eigenvalue weighted by molar-refractivity contribution is -0.138. The summed E-state index contributed by atoms with van der Waals surface area (Å²) in [4.78, 5) is 23.6. The predicted molar refractivity (Wildman–Crippen MR) is 86.0 cm³/mol. The van der Waals surface area contributed by atoms with E-state index in [4.69, 9.17) is 5.11 Å². The van der Waals surface area contributed by atoms with E-state index in [1.807, 2.05) is 32.0 Å². The van der Waals surface area contributed by atoms with Crippen LogP contribution < -0.4 is 5.32 Å². The zero-order valence-corrected chi connectivity index (χ0v) is 13.6. The van der Waals surface area contributed by atoms with Gasteiger partial charge in [-0.1, -0.05) is 19.9 Å². The van der Waals surface area contributed by atoms with Crippen LogP contribution in [0.1, 0.15) is 61.5 Å². The molecule has 1 aliphatic rings. The van der Waals surface area contributed by atoms with Gasteiger partial charge in [0.1, 0.15) is 0 Å². The van der Waals surface area contributed by atoms with Crippen molar-refractivity contribution in [3.8, 4) is 0 Å². The summed E-state index contributed by atoms with van der Waals surface area (Å²) in [5.41, 5.74) is 2.46. The van der Waals surface area contributed by atoms with Crippen LogP contribution in [0.2, 0.25) is 0 Å². The van der Waals surface area contributed by atoms with Crippen LogP contribution in [0.5, 0.6) is 0 Å². The minimum Gasteiger partial charge on any atom is -0.481 e. The second kappa shape index (κ2) is 6.51. The fraction of sp³-hybridized carbons (Fsp3) is 0.556. The van der Waals surface area contributed by atoms with Crippen molar-refractivity contribution in [1.29, 1.82) is 0 Å². The number of fused-ring (bicyclic) bond motifs is 1. The molecule has 0 aromatic heterocycles. The predicted octanol–water partition coefficient (Wildman–Crippen LogP) is 3.18. The number of aryl methyl sites for hydroxylation is 2. The molecular weight excluding hydrogens is 278 g/mol. The SMILES string of the molecule is CC(C)C(C)(CC(=O)O)NC(=O)c1ccc2c(c1)CCCC2. The van der Waals surface area contributed by atoms with Crippen molar-refractivity contribution in [1.82, 2.24) is 5.32 Å². The lowest BCUT2D eigenvalue weighted by Crippen LogP contribution is -2.51. The first-order valence-electron chi connectivity index (χ1n) is 7.98. The molecule has 0 aliphatic heterocycles. The van der Waals surface area contributed by atoms with Gasteiger partial charge in [-0.3, -0.25) is 9.59 Å². The number of benzene rings is 1. The normalized spacial score (nSPS) is 16.7. The minimum atomic E-state index is -0.901. The average molecular weight is 303 g/mol.